The van der Waals surface area contributed by atoms with Crippen LogP contribution >= 0.6 is 0 Å². The van der Waals surface area contributed by atoms with Crippen LogP contribution in [-0.2, 0) is 0 Å². The van der Waals surface area contributed by atoms with Crippen LogP contribution in [0.3, 0.4) is 0 Å². The number of ether oxygens (including phenoxy) is 1. The molecule has 3 aromatic rings. The molecule has 0 spiro atoms. The molecule has 1 aliphatic carbocycles. The van der Waals surface area contributed by atoms with Crippen molar-refractivity contribution in [3.05, 3.63) is 42.2 Å². The van der Waals surface area contributed by atoms with E-state index in [0.717, 1.165) is 18.4 Å². The summed E-state index contributed by atoms with van der Waals surface area (Å²) in [6.45, 7) is 0. The lowest BCUT2D eigenvalue weighted by molar-refractivity contribution is 0.0690. The summed E-state index contributed by atoms with van der Waals surface area (Å²) in [7, 11) is 2.03. The van der Waals surface area contributed by atoms with Gasteiger partial charge in [-0.15, -0.1) is 0 Å². The van der Waals surface area contributed by atoms with E-state index in [1.54, 1.807) is 18.2 Å². The van der Waals surface area contributed by atoms with Crippen molar-refractivity contribution in [1.29, 1.82) is 0 Å². The number of nitrogens with zero attached hydrogens (tertiary/aromatic N) is 3. The van der Waals surface area contributed by atoms with Gasteiger partial charge in [0.2, 0.25) is 0 Å². The molecule has 0 saturated heterocycles. The number of carboxylic acid groups (broad SMARTS) is 1. The van der Waals surface area contributed by atoms with E-state index in [4.69, 9.17) is 14.3 Å². The lowest BCUT2D eigenvalue weighted by Crippen LogP contribution is -2.33. The van der Waals surface area contributed by atoms with Gasteiger partial charge in [0, 0.05) is 31.4 Å². The number of anilines is 1. The monoisotopic (exact) mass is 367 g/mol. The highest BCUT2D eigenvalue weighted by Crippen LogP contribution is 2.31. The van der Waals surface area contributed by atoms with E-state index in [0.29, 0.717) is 29.1 Å². The van der Waals surface area contributed by atoms with Gasteiger partial charge in [0.05, 0.1) is 0 Å². The minimum absolute atomic E-state index is 0.0652. The standard InChI is InChI=1S/C20H21N3O4/c1-23(13-5-3-2-4-6-13)20-22-16-8-7-14(12-18(16)27-20)26-15-9-10-21-17(11-15)19(24)25/h7-13H,2-6H2,1H3,(H,24,25). The van der Waals surface area contributed by atoms with Crippen molar-refractivity contribution in [2.75, 3.05) is 11.9 Å². The van der Waals surface area contributed by atoms with Crippen molar-refractivity contribution in [3.63, 3.8) is 0 Å². The highest BCUT2D eigenvalue weighted by Gasteiger charge is 2.22. The van der Waals surface area contributed by atoms with E-state index in [1.807, 2.05) is 13.1 Å². The second-order valence-electron chi connectivity index (χ2n) is 6.81. The van der Waals surface area contributed by atoms with Crippen LogP contribution in [0, 0.1) is 0 Å². The minimum atomic E-state index is -1.10. The lowest BCUT2D eigenvalue weighted by atomic mass is 9.95. The summed E-state index contributed by atoms with van der Waals surface area (Å²) in [5.41, 5.74) is 1.34. The molecule has 7 nitrogen and oxygen atoms in total. The number of oxazole rings is 1. The molecule has 0 aliphatic heterocycles. The smallest absolute Gasteiger partial charge is 0.354 e. The van der Waals surface area contributed by atoms with Crippen LogP contribution in [0.5, 0.6) is 11.5 Å². The first-order valence-corrected chi connectivity index (χ1v) is 9.11. The van der Waals surface area contributed by atoms with Gasteiger partial charge in [-0.05, 0) is 31.0 Å². The maximum Gasteiger partial charge on any atom is 0.354 e. The Bertz CT molecular complexity index is 963. The van der Waals surface area contributed by atoms with Crippen LogP contribution in [0.25, 0.3) is 11.1 Å². The molecule has 27 heavy (non-hydrogen) atoms. The van der Waals surface area contributed by atoms with E-state index in [1.165, 1.54) is 31.5 Å². The Kier molecular flexibility index (Phi) is 4.66. The van der Waals surface area contributed by atoms with Crippen LogP contribution in [0.1, 0.15) is 42.6 Å². The number of hydrogen-bond donors (Lipinski definition) is 1. The van der Waals surface area contributed by atoms with Crippen molar-refractivity contribution in [2.24, 2.45) is 0 Å². The Morgan fingerprint density at radius 2 is 1.96 bits per heavy atom. The zero-order chi connectivity index (χ0) is 18.8. The first-order chi connectivity index (χ1) is 13.1. The fourth-order valence-corrected chi connectivity index (χ4v) is 3.46. The van der Waals surface area contributed by atoms with E-state index < -0.39 is 5.97 Å². The molecule has 4 rings (SSSR count). The number of pyridine rings is 1. The zero-order valence-electron chi connectivity index (χ0n) is 15.1. The van der Waals surface area contributed by atoms with Crippen LogP contribution in [0.4, 0.5) is 6.01 Å². The Labute approximate surface area is 156 Å². The average Bonchev–Trinajstić information content (AvgIpc) is 3.11. The first-order valence-electron chi connectivity index (χ1n) is 9.11. The molecule has 1 aliphatic rings. The third-order valence-electron chi connectivity index (χ3n) is 4.96. The number of aromatic nitrogens is 2. The SMILES string of the molecule is CN(c1nc2ccc(Oc3ccnc(C(=O)O)c3)cc2o1)C1CCCCC1. The van der Waals surface area contributed by atoms with E-state index in [9.17, 15) is 4.79 Å². The number of carbonyl (C=O) groups is 1. The molecular formula is C20H21N3O4. The highest BCUT2D eigenvalue weighted by atomic mass is 16.5. The maximum atomic E-state index is 11.0. The molecule has 0 radical (unpaired) electrons. The molecule has 2 aromatic heterocycles. The Hall–Kier alpha value is -3.09. The molecule has 1 saturated carbocycles. The number of aromatic carboxylic acids is 1. The van der Waals surface area contributed by atoms with Crippen molar-refractivity contribution in [3.8, 4) is 11.5 Å². The predicted molar refractivity (Wildman–Crippen MR) is 101 cm³/mol. The van der Waals surface area contributed by atoms with Gasteiger partial charge < -0.3 is 19.2 Å². The summed E-state index contributed by atoms with van der Waals surface area (Å²) in [5, 5.41) is 9.03. The molecule has 1 N–H and O–H groups in total. The second-order valence-corrected chi connectivity index (χ2v) is 6.81. The summed E-state index contributed by atoms with van der Waals surface area (Å²) in [5.74, 6) is -0.143. The van der Waals surface area contributed by atoms with Crippen LogP contribution in [-0.4, -0.2) is 34.1 Å². The molecule has 2 heterocycles. The van der Waals surface area contributed by atoms with Crippen LogP contribution in [0.15, 0.2) is 40.9 Å². The summed E-state index contributed by atoms with van der Waals surface area (Å²) < 4.78 is 11.7. The number of benzene rings is 1. The van der Waals surface area contributed by atoms with Crippen molar-refractivity contribution < 1.29 is 19.1 Å². The third kappa shape index (κ3) is 3.72. The van der Waals surface area contributed by atoms with E-state index in [-0.39, 0.29) is 5.69 Å². The topological polar surface area (TPSA) is 88.7 Å². The lowest BCUT2D eigenvalue weighted by Gasteiger charge is -2.29. The number of rotatable bonds is 5. The molecule has 0 atom stereocenters. The highest BCUT2D eigenvalue weighted by molar-refractivity contribution is 5.85. The zero-order valence-corrected chi connectivity index (χ0v) is 15.1. The fourth-order valence-electron chi connectivity index (χ4n) is 3.46. The van der Waals surface area contributed by atoms with Gasteiger partial charge in [-0.1, -0.05) is 19.3 Å². The normalized spacial score (nSPS) is 15.0. The summed E-state index contributed by atoms with van der Waals surface area (Å²) in [6, 6.07) is 9.47. The van der Waals surface area contributed by atoms with Crippen molar-refractivity contribution in [2.45, 2.75) is 38.1 Å². The molecule has 1 aromatic carbocycles. The van der Waals surface area contributed by atoms with Crippen molar-refractivity contribution >= 4 is 23.1 Å². The molecule has 0 amide bonds. The van der Waals surface area contributed by atoms with Gasteiger partial charge in [-0.2, -0.15) is 4.98 Å². The molecular weight excluding hydrogens is 346 g/mol. The number of fused-ring (bicyclic) bond motifs is 1. The van der Waals surface area contributed by atoms with Gasteiger partial charge in [0.15, 0.2) is 11.3 Å². The Morgan fingerprint density at radius 1 is 1.19 bits per heavy atom. The van der Waals surface area contributed by atoms with E-state index in [2.05, 4.69) is 14.9 Å². The second kappa shape index (κ2) is 7.26. The largest absolute Gasteiger partial charge is 0.477 e. The Morgan fingerprint density at radius 3 is 2.74 bits per heavy atom. The Balaban J connectivity index is 1.55. The maximum absolute atomic E-state index is 11.0. The van der Waals surface area contributed by atoms with Gasteiger partial charge in [0.25, 0.3) is 6.01 Å². The molecule has 7 heteroatoms. The summed E-state index contributed by atoms with van der Waals surface area (Å²) in [6.07, 6.45) is 7.53. The molecule has 140 valence electrons. The van der Waals surface area contributed by atoms with Gasteiger partial charge in [0.1, 0.15) is 17.0 Å². The van der Waals surface area contributed by atoms with Gasteiger partial charge in [-0.3, -0.25) is 0 Å². The number of hydrogen-bond acceptors (Lipinski definition) is 6. The summed E-state index contributed by atoms with van der Waals surface area (Å²) in [4.78, 5) is 21.5. The number of carboxylic acids is 1. The van der Waals surface area contributed by atoms with Gasteiger partial charge >= 0.3 is 5.97 Å². The summed E-state index contributed by atoms with van der Waals surface area (Å²) >= 11 is 0. The predicted octanol–water partition coefficient (Wildman–Crippen LogP) is 4.48. The first kappa shape index (κ1) is 17.3. The molecule has 1 fully saturated rings. The van der Waals surface area contributed by atoms with Crippen molar-refractivity contribution in [1.82, 2.24) is 9.97 Å². The quantitative estimate of drug-likeness (QED) is 0.711. The minimum Gasteiger partial charge on any atom is -0.477 e. The molecule has 0 unspecified atom stereocenters. The van der Waals surface area contributed by atoms with Crippen LogP contribution in [0.2, 0.25) is 0 Å². The van der Waals surface area contributed by atoms with E-state index >= 15 is 0 Å². The van der Waals surface area contributed by atoms with Gasteiger partial charge in [-0.25, -0.2) is 9.78 Å². The fraction of sp³-hybridized carbons (Fsp3) is 0.350. The average molecular weight is 367 g/mol. The van der Waals surface area contributed by atoms with Crippen LogP contribution < -0.4 is 9.64 Å². The molecule has 0 bridgehead atoms. The third-order valence-corrected chi connectivity index (χ3v) is 4.96.